The molecule has 0 bridgehead atoms. The maximum atomic E-state index is 13.0. The summed E-state index contributed by atoms with van der Waals surface area (Å²) in [5.41, 5.74) is 5.72. The normalized spacial score (nSPS) is 12.9. The van der Waals surface area contributed by atoms with Crippen molar-refractivity contribution in [2.24, 2.45) is 11.7 Å². The Hall–Kier alpha value is -3.47. The average molecular weight is 465 g/mol. The van der Waals surface area contributed by atoms with E-state index in [9.17, 15) is 18.0 Å². The number of carbonyl (C=O) groups is 2. The van der Waals surface area contributed by atoms with Crippen LogP contribution in [0.1, 0.15) is 20.3 Å². The fourth-order valence-corrected chi connectivity index (χ4v) is 4.16. The van der Waals surface area contributed by atoms with Gasteiger partial charge in [0.15, 0.2) is 0 Å². The number of anilines is 2. The molecule has 11 heteroatoms. The molecule has 174 valence electrons. The molecule has 5 N–H and O–H groups in total. The lowest BCUT2D eigenvalue weighted by atomic mass is 9.98. The minimum atomic E-state index is -4.05. The van der Waals surface area contributed by atoms with E-state index in [1.54, 1.807) is 31.2 Å². The van der Waals surface area contributed by atoms with Crippen LogP contribution in [0.4, 0.5) is 16.2 Å². The number of ether oxygens (including phenoxy) is 2. The van der Waals surface area contributed by atoms with Gasteiger partial charge in [-0.2, -0.15) is 0 Å². The Balaban J connectivity index is 2.32. The van der Waals surface area contributed by atoms with Gasteiger partial charge in [-0.15, -0.1) is 0 Å². The summed E-state index contributed by atoms with van der Waals surface area (Å²) < 4.78 is 38.7. The van der Waals surface area contributed by atoms with Crippen molar-refractivity contribution in [3.05, 3.63) is 42.5 Å². The van der Waals surface area contributed by atoms with Crippen LogP contribution in [-0.2, 0) is 14.8 Å². The monoisotopic (exact) mass is 464 g/mol. The molecular weight excluding hydrogens is 436 g/mol. The van der Waals surface area contributed by atoms with Gasteiger partial charge in [0.2, 0.25) is 5.91 Å². The van der Waals surface area contributed by atoms with E-state index in [4.69, 9.17) is 15.2 Å². The van der Waals surface area contributed by atoms with Crippen molar-refractivity contribution in [1.82, 2.24) is 5.32 Å². The van der Waals surface area contributed by atoms with E-state index in [2.05, 4.69) is 15.4 Å². The van der Waals surface area contributed by atoms with Crippen LogP contribution >= 0.6 is 0 Å². The molecule has 0 heterocycles. The first-order chi connectivity index (χ1) is 15.1. The number of nitrogens with one attached hydrogen (secondary N) is 3. The number of nitrogens with two attached hydrogens (primary N) is 1. The van der Waals surface area contributed by atoms with E-state index in [1.807, 2.05) is 6.92 Å². The summed E-state index contributed by atoms with van der Waals surface area (Å²) in [5, 5.41) is 5.05. The van der Waals surface area contributed by atoms with Crippen molar-refractivity contribution >= 4 is 33.3 Å². The third-order valence-electron chi connectivity index (χ3n) is 4.86. The average Bonchev–Trinajstić information content (AvgIpc) is 2.77. The third-order valence-corrected chi connectivity index (χ3v) is 6.26. The molecule has 2 aromatic rings. The van der Waals surface area contributed by atoms with Crippen molar-refractivity contribution in [2.45, 2.75) is 31.2 Å². The molecule has 0 aromatic heterocycles. The highest BCUT2D eigenvalue weighted by Gasteiger charge is 2.26. The first kappa shape index (κ1) is 24.8. The molecule has 0 fully saturated rings. The van der Waals surface area contributed by atoms with Crippen LogP contribution < -0.4 is 30.6 Å². The number of hydrogen-bond donors (Lipinski definition) is 4. The Morgan fingerprint density at radius 1 is 1.03 bits per heavy atom. The van der Waals surface area contributed by atoms with E-state index < -0.39 is 28.0 Å². The lowest BCUT2D eigenvalue weighted by Gasteiger charge is -2.23. The number of sulfonamides is 1. The van der Waals surface area contributed by atoms with Crippen molar-refractivity contribution in [2.75, 3.05) is 24.3 Å². The number of urea groups is 1. The Kier molecular flexibility index (Phi) is 8.30. The van der Waals surface area contributed by atoms with Gasteiger partial charge in [0.25, 0.3) is 10.0 Å². The quantitative estimate of drug-likeness (QED) is 0.424. The minimum Gasteiger partial charge on any atom is -0.497 e. The first-order valence-corrected chi connectivity index (χ1v) is 11.3. The largest absolute Gasteiger partial charge is 0.497 e. The molecule has 0 saturated heterocycles. The number of hydrogen-bond acceptors (Lipinski definition) is 6. The Bertz CT molecular complexity index is 1060. The topological polar surface area (TPSA) is 149 Å². The Labute approximate surface area is 187 Å². The van der Waals surface area contributed by atoms with Crippen LogP contribution in [0.25, 0.3) is 0 Å². The molecule has 2 unspecified atom stereocenters. The summed E-state index contributed by atoms with van der Waals surface area (Å²) in [4.78, 5) is 23.8. The number of methoxy groups -OCH3 is 2. The molecule has 0 spiro atoms. The Morgan fingerprint density at radius 3 is 2.19 bits per heavy atom. The van der Waals surface area contributed by atoms with Crippen molar-refractivity contribution in [1.29, 1.82) is 0 Å². The third kappa shape index (κ3) is 6.27. The standard InChI is InChI=1S/C21H28N4O6S/c1-5-13(2)19(24-21(22)27)20(26)23-15-8-11-17(31-4)18(12-15)32(28,29)25-14-6-9-16(30-3)10-7-14/h6-13,19,25H,5H2,1-4H3,(H,23,26)(H3,22,24,27). The summed E-state index contributed by atoms with van der Waals surface area (Å²) in [7, 11) is -1.20. The highest BCUT2D eigenvalue weighted by molar-refractivity contribution is 7.92. The molecule has 2 atom stereocenters. The van der Waals surface area contributed by atoms with Gasteiger partial charge in [-0.25, -0.2) is 13.2 Å². The predicted octanol–water partition coefficient (Wildman–Crippen LogP) is 2.53. The molecule has 0 aliphatic carbocycles. The number of amides is 3. The zero-order chi connectivity index (χ0) is 23.9. The molecule has 10 nitrogen and oxygen atoms in total. The van der Waals surface area contributed by atoms with Crippen LogP contribution in [-0.4, -0.2) is 40.6 Å². The van der Waals surface area contributed by atoms with E-state index in [1.165, 1.54) is 32.4 Å². The fraction of sp³-hybridized carbons (Fsp3) is 0.333. The summed E-state index contributed by atoms with van der Waals surface area (Å²) >= 11 is 0. The molecule has 3 amide bonds. The van der Waals surface area contributed by atoms with Crippen LogP contribution in [0.3, 0.4) is 0 Å². The van der Waals surface area contributed by atoms with Crippen LogP contribution in [0, 0.1) is 5.92 Å². The van der Waals surface area contributed by atoms with Crippen molar-refractivity contribution in [3.63, 3.8) is 0 Å². The SMILES string of the molecule is CCC(C)C(NC(N)=O)C(=O)Nc1ccc(OC)c(S(=O)(=O)Nc2ccc(OC)cc2)c1. The highest BCUT2D eigenvalue weighted by atomic mass is 32.2. The van der Waals surface area contributed by atoms with E-state index in [0.29, 0.717) is 17.9 Å². The van der Waals surface area contributed by atoms with Crippen LogP contribution in [0.5, 0.6) is 11.5 Å². The van der Waals surface area contributed by atoms with Gasteiger partial charge in [0.1, 0.15) is 22.4 Å². The second-order valence-electron chi connectivity index (χ2n) is 7.06. The van der Waals surface area contributed by atoms with Crippen LogP contribution in [0.15, 0.2) is 47.4 Å². The van der Waals surface area contributed by atoms with E-state index in [-0.39, 0.29) is 22.3 Å². The molecule has 32 heavy (non-hydrogen) atoms. The van der Waals surface area contributed by atoms with Gasteiger partial charge in [-0.1, -0.05) is 20.3 Å². The van der Waals surface area contributed by atoms with Gasteiger partial charge in [-0.05, 0) is 48.4 Å². The molecule has 0 aliphatic rings. The number of primary amides is 1. The number of carbonyl (C=O) groups excluding carboxylic acids is 2. The summed E-state index contributed by atoms with van der Waals surface area (Å²) in [5.74, 6) is -0.0381. The lowest BCUT2D eigenvalue weighted by molar-refractivity contribution is -0.119. The summed E-state index contributed by atoms with van der Waals surface area (Å²) in [6.45, 7) is 3.67. The van der Waals surface area contributed by atoms with Crippen molar-refractivity contribution in [3.8, 4) is 11.5 Å². The minimum absolute atomic E-state index is 0.0951. The van der Waals surface area contributed by atoms with E-state index in [0.717, 1.165) is 0 Å². The molecule has 2 aromatic carbocycles. The van der Waals surface area contributed by atoms with Gasteiger partial charge in [-0.3, -0.25) is 9.52 Å². The highest BCUT2D eigenvalue weighted by Crippen LogP contribution is 2.29. The van der Waals surface area contributed by atoms with E-state index >= 15 is 0 Å². The molecule has 0 saturated carbocycles. The van der Waals surface area contributed by atoms with Crippen molar-refractivity contribution < 1.29 is 27.5 Å². The lowest BCUT2D eigenvalue weighted by Crippen LogP contribution is -2.49. The summed E-state index contributed by atoms with van der Waals surface area (Å²) in [6.07, 6.45) is 0.617. The number of rotatable bonds is 10. The molecule has 0 radical (unpaired) electrons. The molecule has 0 aliphatic heterocycles. The second kappa shape index (κ2) is 10.7. The smallest absolute Gasteiger partial charge is 0.312 e. The summed E-state index contributed by atoms with van der Waals surface area (Å²) in [6, 6.07) is 8.85. The predicted molar refractivity (Wildman–Crippen MR) is 121 cm³/mol. The Morgan fingerprint density at radius 2 is 1.66 bits per heavy atom. The molecular formula is C21H28N4O6S. The van der Waals surface area contributed by atoms with Gasteiger partial charge in [0.05, 0.1) is 14.2 Å². The van der Waals surface area contributed by atoms with Gasteiger partial charge in [0, 0.05) is 11.4 Å². The first-order valence-electron chi connectivity index (χ1n) is 9.83. The van der Waals surface area contributed by atoms with Gasteiger partial charge < -0.3 is 25.8 Å². The zero-order valence-corrected chi connectivity index (χ0v) is 19.2. The number of benzene rings is 2. The van der Waals surface area contributed by atoms with Crippen LogP contribution in [0.2, 0.25) is 0 Å². The van der Waals surface area contributed by atoms with Gasteiger partial charge >= 0.3 is 6.03 Å². The zero-order valence-electron chi connectivity index (χ0n) is 18.3. The maximum Gasteiger partial charge on any atom is 0.312 e. The fourth-order valence-electron chi connectivity index (χ4n) is 2.91. The molecule has 2 rings (SSSR count). The maximum absolute atomic E-state index is 13.0. The second-order valence-corrected chi connectivity index (χ2v) is 8.71.